The lowest BCUT2D eigenvalue weighted by Crippen LogP contribution is -2.28. The van der Waals surface area contributed by atoms with Crippen molar-refractivity contribution in [2.24, 2.45) is 5.92 Å². The Balaban J connectivity index is 1.69. The lowest BCUT2D eigenvalue weighted by atomic mass is 10.1. The first-order valence-corrected chi connectivity index (χ1v) is 8.30. The van der Waals surface area contributed by atoms with E-state index in [1.807, 2.05) is 32.0 Å². The van der Waals surface area contributed by atoms with Crippen LogP contribution in [0.1, 0.15) is 17.5 Å². The largest absolute Gasteiger partial charge is 0.497 e. The van der Waals surface area contributed by atoms with Gasteiger partial charge in [0.05, 0.1) is 13.0 Å². The summed E-state index contributed by atoms with van der Waals surface area (Å²) in [5, 5.41) is 2.88. The Bertz CT molecular complexity index is 799. The molecule has 1 unspecified atom stereocenters. The van der Waals surface area contributed by atoms with E-state index in [-0.39, 0.29) is 24.2 Å². The Hall–Kier alpha value is -2.82. The summed E-state index contributed by atoms with van der Waals surface area (Å²) in [6.07, 6.45) is 0.231. The molecule has 130 valence electrons. The fourth-order valence-electron chi connectivity index (χ4n) is 3.14. The van der Waals surface area contributed by atoms with Crippen LogP contribution in [0.25, 0.3) is 0 Å². The molecular weight excluding hydrogens is 316 g/mol. The Morgan fingerprint density at radius 3 is 2.52 bits per heavy atom. The van der Waals surface area contributed by atoms with Crippen molar-refractivity contribution in [2.45, 2.75) is 20.3 Å². The summed E-state index contributed by atoms with van der Waals surface area (Å²) >= 11 is 0. The second kappa shape index (κ2) is 6.97. The molecule has 0 radical (unpaired) electrons. The van der Waals surface area contributed by atoms with Crippen molar-refractivity contribution in [2.75, 3.05) is 23.9 Å². The third kappa shape index (κ3) is 3.65. The number of hydrogen-bond acceptors (Lipinski definition) is 3. The average Bonchev–Trinajstić information content (AvgIpc) is 2.97. The van der Waals surface area contributed by atoms with Gasteiger partial charge in [-0.05, 0) is 49.7 Å². The van der Waals surface area contributed by atoms with Crippen LogP contribution < -0.4 is 15.0 Å². The molecule has 0 aliphatic carbocycles. The quantitative estimate of drug-likeness (QED) is 0.930. The van der Waals surface area contributed by atoms with Crippen LogP contribution in [-0.4, -0.2) is 25.5 Å². The number of nitrogens with one attached hydrogen (secondary N) is 1. The predicted molar refractivity (Wildman–Crippen MR) is 98.0 cm³/mol. The first kappa shape index (κ1) is 17.0. The molecule has 2 aromatic rings. The molecule has 2 aromatic carbocycles. The third-order valence-corrected chi connectivity index (χ3v) is 4.50. The van der Waals surface area contributed by atoms with Crippen LogP contribution in [0.2, 0.25) is 0 Å². The van der Waals surface area contributed by atoms with Crippen molar-refractivity contribution in [3.63, 3.8) is 0 Å². The summed E-state index contributed by atoms with van der Waals surface area (Å²) in [6.45, 7) is 4.42. The number of methoxy groups -OCH3 is 1. The van der Waals surface area contributed by atoms with Crippen LogP contribution in [0.15, 0.2) is 42.5 Å². The SMILES string of the molecule is COc1ccc(NC(=O)C2CC(=O)N(c3ccc(C)cc3C)C2)cc1. The molecule has 1 atom stereocenters. The molecule has 0 aromatic heterocycles. The molecule has 1 aliphatic rings. The highest BCUT2D eigenvalue weighted by atomic mass is 16.5. The van der Waals surface area contributed by atoms with Crippen LogP contribution in [0.3, 0.4) is 0 Å². The van der Waals surface area contributed by atoms with Gasteiger partial charge in [-0.25, -0.2) is 0 Å². The maximum Gasteiger partial charge on any atom is 0.229 e. The molecule has 1 aliphatic heterocycles. The highest BCUT2D eigenvalue weighted by Crippen LogP contribution is 2.29. The number of rotatable bonds is 4. The number of nitrogens with zero attached hydrogens (tertiary/aromatic N) is 1. The van der Waals surface area contributed by atoms with Gasteiger partial charge in [0, 0.05) is 24.3 Å². The van der Waals surface area contributed by atoms with Crippen molar-refractivity contribution in [3.05, 3.63) is 53.6 Å². The predicted octanol–water partition coefficient (Wildman–Crippen LogP) is 3.30. The summed E-state index contributed by atoms with van der Waals surface area (Å²) < 4.78 is 5.11. The van der Waals surface area contributed by atoms with Crippen LogP contribution in [0.4, 0.5) is 11.4 Å². The Kier molecular flexibility index (Phi) is 4.74. The first-order valence-electron chi connectivity index (χ1n) is 8.30. The zero-order valence-electron chi connectivity index (χ0n) is 14.7. The average molecular weight is 338 g/mol. The molecule has 1 fully saturated rings. The second-order valence-corrected chi connectivity index (χ2v) is 6.41. The Labute approximate surface area is 147 Å². The number of anilines is 2. The summed E-state index contributed by atoms with van der Waals surface area (Å²) in [6, 6.07) is 13.1. The maximum atomic E-state index is 12.5. The molecule has 3 rings (SSSR count). The summed E-state index contributed by atoms with van der Waals surface area (Å²) in [5.74, 6) is 0.234. The number of amides is 2. The number of aryl methyl sites for hydroxylation is 2. The van der Waals surface area contributed by atoms with Gasteiger partial charge in [-0.3, -0.25) is 9.59 Å². The lowest BCUT2D eigenvalue weighted by molar-refractivity contribution is -0.122. The minimum atomic E-state index is -0.352. The van der Waals surface area contributed by atoms with Crippen LogP contribution in [0.5, 0.6) is 5.75 Å². The van der Waals surface area contributed by atoms with Gasteiger partial charge in [-0.15, -0.1) is 0 Å². The third-order valence-electron chi connectivity index (χ3n) is 4.50. The van der Waals surface area contributed by atoms with Gasteiger partial charge >= 0.3 is 0 Å². The number of ether oxygens (including phenoxy) is 1. The first-order chi connectivity index (χ1) is 12.0. The van der Waals surface area contributed by atoms with Crippen molar-refractivity contribution in [3.8, 4) is 5.75 Å². The zero-order valence-corrected chi connectivity index (χ0v) is 14.7. The number of carbonyl (C=O) groups excluding carboxylic acids is 2. The summed E-state index contributed by atoms with van der Waals surface area (Å²) in [5.41, 5.74) is 3.78. The lowest BCUT2D eigenvalue weighted by Gasteiger charge is -2.19. The second-order valence-electron chi connectivity index (χ2n) is 6.41. The molecule has 0 saturated carbocycles. The van der Waals surface area contributed by atoms with Gasteiger partial charge in [-0.2, -0.15) is 0 Å². The Morgan fingerprint density at radius 1 is 1.16 bits per heavy atom. The van der Waals surface area contributed by atoms with Gasteiger partial charge < -0.3 is 15.0 Å². The summed E-state index contributed by atoms with van der Waals surface area (Å²) in [7, 11) is 1.60. The van der Waals surface area contributed by atoms with Crippen LogP contribution >= 0.6 is 0 Å². The maximum absolute atomic E-state index is 12.5. The van der Waals surface area contributed by atoms with E-state index < -0.39 is 0 Å². The molecule has 5 nitrogen and oxygen atoms in total. The van der Waals surface area contributed by atoms with E-state index in [1.165, 1.54) is 0 Å². The van der Waals surface area contributed by atoms with E-state index in [4.69, 9.17) is 4.74 Å². The van der Waals surface area contributed by atoms with E-state index in [1.54, 1.807) is 36.3 Å². The van der Waals surface area contributed by atoms with Gasteiger partial charge in [-0.1, -0.05) is 17.7 Å². The number of hydrogen-bond donors (Lipinski definition) is 1. The normalized spacial score (nSPS) is 16.8. The summed E-state index contributed by atoms with van der Waals surface area (Å²) in [4.78, 5) is 26.6. The van der Waals surface area contributed by atoms with Crippen molar-refractivity contribution < 1.29 is 14.3 Å². The van der Waals surface area contributed by atoms with E-state index in [0.29, 0.717) is 12.2 Å². The standard InChI is InChI=1S/C20H22N2O3/c1-13-4-9-18(14(2)10-13)22-12-15(11-19(22)23)20(24)21-16-5-7-17(25-3)8-6-16/h4-10,15H,11-12H2,1-3H3,(H,21,24). The molecule has 2 amide bonds. The monoisotopic (exact) mass is 338 g/mol. The molecule has 0 spiro atoms. The number of carbonyl (C=O) groups is 2. The molecule has 1 N–H and O–H groups in total. The topological polar surface area (TPSA) is 58.6 Å². The van der Waals surface area contributed by atoms with Gasteiger partial charge in [0.2, 0.25) is 11.8 Å². The van der Waals surface area contributed by atoms with Crippen LogP contribution in [-0.2, 0) is 9.59 Å². The van der Waals surface area contributed by atoms with Crippen molar-refractivity contribution in [1.82, 2.24) is 0 Å². The van der Waals surface area contributed by atoms with Gasteiger partial charge in [0.25, 0.3) is 0 Å². The fraction of sp³-hybridized carbons (Fsp3) is 0.300. The van der Waals surface area contributed by atoms with E-state index in [9.17, 15) is 9.59 Å². The minimum absolute atomic E-state index is 0.0122. The smallest absolute Gasteiger partial charge is 0.229 e. The van der Waals surface area contributed by atoms with E-state index in [0.717, 1.165) is 22.6 Å². The van der Waals surface area contributed by atoms with Gasteiger partial charge in [0.1, 0.15) is 5.75 Å². The molecule has 25 heavy (non-hydrogen) atoms. The Morgan fingerprint density at radius 2 is 1.88 bits per heavy atom. The molecule has 5 heteroatoms. The highest BCUT2D eigenvalue weighted by molar-refractivity contribution is 6.03. The minimum Gasteiger partial charge on any atom is -0.497 e. The van der Waals surface area contributed by atoms with Crippen molar-refractivity contribution in [1.29, 1.82) is 0 Å². The zero-order chi connectivity index (χ0) is 18.0. The highest BCUT2D eigenvalue weighted by Gasteiger charge is 2.35. The molecule has 1 heterocycles. The molecule has 1 saturated heterocycles. The van der Waals surface area contributed by atoms with Gasteiger partial charge in [0.15, 0.2) is 0 Å². The van der Waals surface area contributed by atoms with E-state index >= 15 is 0 Å². The molecular formula is C20H22N2O3. The van der Waals surface area contributed by atoms with E-state index in [2.05, 4.69) is 5.32 Å². The number of benzene rings is 2. The fourth-order valence-corrected chi connectivity index (χ4v) is 3.14. The van der Waals surface area contributed by atoms with Crippen LogP contribution in [0, 0.1) is 19.8 Å². The van der Waals surface area contributed by atoms with Crippen molar-refractivity contribution >= 4 is 23.2 Å². The molecule has 0 bridgehead atoms.